The van der Waals surface area contributed by atoms with Crippen molar-refractivity contribution < 1.29 is 5.11 Å². The summed E-state index contributed by atoms with van der Waals surface area (Å²) in [6.07, 6.45) is 17.5. The van der Waals surface area contributed by atoms with Crippen LogP contribution in [0.15, 0.2) is 35.5 Å². The SMILES string of the molecule is C=C(C)[C@H](CC)CC[C@@H](C)C1=CC[C@H]2C3=CC[C@H]4C[C@@H](O)CC[C@]4(C)[C@H]3CC[C@]12C. The molecule has 0 aromatic heterocycles. The van der Waals surface area contributed by atoms with E-state index in [9.17, 15) is 5.11 Å². The van der Waals surface area contributed by atoms with Crippen LogP contribution in [0.2, 0.25) is 0 Å². The van der Waals surface area contributed by atoms with Crippen molar-refractivity contribution in [2.75, 3.05) is 0 Å². The molecule has 0 saturated heterocycles. The van der Waals surface area contributed by atoms with Crippen molar-refractivity contribution in [1.29, 1.82) is 0 Å². The van der Waals surface area contributed by atoms with Crippen molar-refractivity contribution in [2.24, 2.45) is 40.4 Å². The Kier molecular flexibility index (Phi) is 6.17. The molecule has 168 valence electrons. The zero-order chi connectivity index (χ0) is 21.7. The van der Waals surface area contributed by atoms with Crippen LogP contribution in [-0.2, 0) is 0 Å². The molecule has 4 aliphatic rings. The first kappa shape index (κ1) is 22.4. The van der Waals surface area contributed by atoms with Crippen LogP contribution in [0.3, 0.4) is 0 Å². The average molecular weight is 411 g/mol. The molecule has 0 radical (unpaired) electrons. The van der Waals surface area contributed by atoms with E-state index in [1.807, 2.05) is 5.57 Å². The van der Waals surface area contributed by atoms with Crippen LogP contribution in [0.25, 0.3) is 0 Å². The van der Waals surface area contributed by atoms with Gasteiger partial charge in [0.15, 0.2) is 0 Å². The zero-order valence-corrected chi connectivity index (χ0v) is 20.3. The molecule has 4 rings (SSSR count). The average Bonchev–Trinajstić information content (AvgIpc) is 3.06. The number of allylic oxidation sites excluding steroid dienone is 5. The second-order valence-corrected chi connectivity index (χ2v) is 12.0. The van der Waals surface area contributed by atoms with Crippen molar-refractivity contribution in [3.63, 3.8) is 0 Å². The van der Waals surface area contributed by atoms with Gasteiger partial charge in [-0.3, -0.25) is 0 Å². The molecule has 1 N–H and O–H groups in total. The number of aliphatic hydroxyl groups excluding tert-OH is 1. The fourth-order valence-electron chi connectivity index (χ4n) is 8.28. The van der Waals surface area contributed by atoms with Crippen molar-refractivity contribution >= 4 is 0 Å². The standard InChI is InChI=1S/C29H46O/c1-7-21(19(2)3)9-8-20(4)25-12-13-26-24-11-10-22-18-23(30)14-16-28(22,5)27(24)15-17-29(25,26)6/h11-12,20-23,26-27,30H,2,7-10,13-18H2,1,3-6H3/t20-,21-,22+,23+,26+,27+,28+,29-/m1/s1. The maximum atomic E-state index is 10.3. The molecule has 0 aliphatic heterocycles. The molecule has 0 unspecified atom stereocenters. The Balaban J connectivity index is 1.50. The molecule has 0 aromatic carbocycles. The predicted molar refractivity (Wildman–Crippen MR) is 128 cm³/mol. The van der Waals surface area contributed by atoms with Crippen LogP contribution in [-0.4, -0.2) is 11.2 Å². The third kappa shape index (κ3) is 3.58. The molecular formula is C29H46O. The first-order valence-electron chi connectivity index (χ1n) is 12.9. The maximum absolute atomic E-state index is 10.3. The third-order valence-corrected chi connectivity index (χ3v) is 10.4. The molecule has 2 saturated carbocycles. The van der Waals surface area contributed by atoms with Gasteiger partial charge in [0, 0.05) is 0 Å². The van der Waals surface area contributed by atoms with E-state index in [4.69, 9.17) is 0 Å². The van der Waals surface area contributed by atoms with Gasteiger partial charge in [-0.25, -0.2) is 0 Å². The summed E-state index contributed by atoms with van der Waals surface area (Å²) in [5.41, 5.74) is 5.75. The van der Waals surface area contributed by atoms with Gasteiger partial charge in [-0.15, -0.1) is 0 Å². The highest BCUT2D eigenvalue weighted by atomic mass is 16.3. The van der Waals surface area contributed by atoms with Crippen molar-refractivity contribution in [1.82, 2.24) is 0 Å². The summed E-state index contributed by atoms with van der Waals surface area (Å²) >= 11 is 0. The molecule has 1 nitrogen and oxygen atoms in total. The highest BCUT2D eigenvalue weighted by Gasteiger charge is 2.56. The van der Waals surface area contributed by atoms with E-state index in [0.717, 1.165) is 24.7 Å². The molecule has 0 amide bonds. The second-order valence-electron chi connectivity index (χ2n) is 12.0. The minimum absolute atomic E-state index is 0.0568. The number of rotatable bonds is 6. The van der Waals surface area contributed by atoms with Gasteiger partial charge < -0.3 is 5.11 Å². The van der Waals surface area contributed by atoms with Gasteiger partial charge in [0.2, 0.25) is 0 Å². The molecule has 8 atom stereocenters. The molecule has 0 aromatic rings. The van der Waals surface area contributed by atoms with Gasteiger partial charge in [0.05, 0.1) is 6.10 Å². The summed E-state index contributed by atoms with van der Waals surface area (Å²) in [4.78, 5) is 0. The quantitative estimate of drug-likeness (QED) is 0.442. The lowest BCUT2D eigenvalue weighted by molar-refractivity contribution is -0.0341. The van der Waals surface area contributed by atoms with Crippen molar-refractivity contribution in [3.8, 4) is 0 Å². The van der Waals surface area contributed by atoms with E-state index in [1.165, 1.54) is 56.9 Å². The van der Waals surface area contributed by atoms with Gasteiger partial charge in [-0.1, -0.05) is 63.1 Å². The lowest BCUT2D eigenvalue weighted by atomic mass is 9.47. The fourth-order valence-corrected chi connectivity index (χ4v) is 8.28. The minimum atomic E-state index is -0.0568. The molecule has 1 heteroatoms. The molecule has 2 fully saturated rings. The summed E-state index contributed by atoms with van der Waals surface area (Å²) in [7, 11) is 0. The fraction of sp³-hybridized carbons (Fsp3) is 0.793. The highest BCUT2D eigenvalue weighted by Crippen LogP contribution is 2.65. The van der Waals surface area contributed by atoms with E-state index in [-0.39, 0.29) is 6.10 Å². The smallest absolute Gasteiger partial charge is 0.0543 e. The zero-order valence-electron chi connectivity index (χ0n) is 20.3. The summed E-state index contributed by atoms with van der Waals surface area (Å²) in [5, 5.41) is 10.3. The first-order chi connectivity index (χ1) is 14.2. The van der Waals surface area contributed by atoms with Gasteiger partial charge in [0.25, 0.3) is 0 Å². The Morgan fingerprint density at radius 1 is 1.13 bits per heavy atom. The Morgan fingerprint density at radius 3 is 2.60 bits per heavy atom. The monoisotopic (exact) mass is 410 g/mol. The van der Waals surface area contributed by atoms with Gasteiger partial charge in [-0.05, 0) is 112 Å². The lowest BCUT2D eigenvalue weighted by Crippen LogP contribution is -2.49. The third-order valence-electron chi connectivity index (χ3n) is 10.4. The summed E-state index contributed by atoms with van der Waals surface area (Å²) in [5.74, 6) is 3.58. The maximum Gasteiger partial charge on any atom is 0.0543 e. The van der Waals surface area contributed by atoms with Crippen LogP contribution >= 0.6 is 0 Å². The number of aliphatic hydroxyl groups is 1. The van der Waals surface area contributed by atoms with E-state index in [2.05, 4.69) is 53.3 Å². The van der Waals surface area contributed by atoms with Crippen LogP contribution in [0, 0.1) is 40.4 Å². The first-order valence-corrected chi connectivity index (χ1v) is 12.9. The summed E-state index contributed by atoms with van der Waals surface area (Å²) < 4.78 is 0. The Morgan fingerprint density at radius 2 is 1.90 bits per heavy atom. The van der Waals surface area contributed by atoms with E-state index in [1.54, 1.807) is 5.57 Å². The Bertz CT molecular complexity index is 729. The molecule has 4 aliphatic carbocycles. The molecule has 0 spiro atoms. The lowest BCUT2D eigenvalue weighted by Gasteiger charge is -2.57. The van der Waals surface area contributed by atoms with Gasteiger partial charge in [0.1, 0.15) is 0 Å². The van der Waals surface area contributed by atoms with E-state index in [0.29, 0.717) is 28.6 Å². The molecule has 0 heterocycles. The van der Waals surface area contributed by atoms with Gasteiger partial charge in [-0.2, -0.15) is 0 Å². The van der Waals surface area contributed by atoms with Gasteiger partial charge >= 0.3 is 0 Å². The van der Waals surface area contributed by atoms with Crippen LogP contribution in [0.1, 0.15) is 98.8 Å². The van der Waals surface area contributed by atoms with Crippen LogP contribution < -0.4 is 0 Å². The van der Waals surface area contributed by atoms with Crippen LogP contribution in [0.4, 0.5) is 0 Å². The Hall–Kier alpha value is -0.820. The number of fused-ring (bicyclic) bond motifs is 5. The second kappa shape index (κ2) is 8.27. The predicted octanol–water partition coefficient (Wildman–Crippen LogP) is 7.87. The highest BCUT2D eigenvalue weighted by molar-refractivity contribution is 5.36. The molecule has 30 heavy (non-hydrogen) atoms. The number of hydrogen-bond acceptors (Lipinski definition) is 1. The summed E-state index contributed by atoms with van der Waals surface area (Å²) in [6, 6.07) is 0. The largest absolute Gasteiger partial charge is 0.393 e. The molecular weight excluding hydrogens is 364 g/mol. The van der Waals surface area contributed by atoms with E-state index >= 15 is 0 Å². The number of hydrogen-bond donors (Lipinski definition) is 1. The summed E-state index contributed by atoms with van der Waals surface area (Å²) in [6.45, 7) is 16.4. The minimum Gasteiger partial charge on any atom is -0.393 e. The van der Waals surface area contributed by atoms with Crippen molar-refractivity contribution in [3.05, 3.63) is 35.5 Å². The Labute approximate surface area is 186 Å². The topological polar surface area (TPSA) is 20.2 Å². The molecule has 0 bridgehead atoms. The normalized spacial score (nSPS) is 42.3. The van der Waals surface area contributed by atoms with Crippen LogP contribution in [0.5, 0.6) is 0 Å². The van der Waals surface area contributed by atoms with Crippen molar-refractivity contribution in [2.45, 2.75) is 105 Å². The van der Waals surface area contributed by atoms with E-state index < -0.39 is 0 Å².